The quantitative estimate of drug-likeness (QED) is 0.665. The lowest BCUT2D eigenvalue weighted by Crippen LogP contribution is -1.97. The molecular weight excluding hydrogens is 169 g/mol. The molecule has 4 heteroatoms. The van der Waals surface area contributed by atoms with E-state index >= 15 is 0 Å². The number of nitrogen functional groups attached to an aromatic ring is 1. The largest absolute Gasteiger partial charge is 0.382 e. The Hall–Kier alpha value is -1.71. The third-order valence-electron chi connectivity index (χ3n) is 1.84. The maximum absolute atomic E-state index is 12.8. The summed E-state index contributed by atoms with van der Waals surface area (Å²) in [5.74, 6) is 0.0168. The number of halogens is 1. The molecule has 3 nitrogen and oxygen atoms in total. The minimum Gasteiger partial charge on any atom is -0.382 e. The lowest BCUT2D eigenvalue weighted by molar-refractivity contribution is 0.629. The summed E-state index contributed by atoms with van der Waals surface area (Å²) >= 11 is 0. The van der Waals surface area contributed by atoms with Gasteiger partial charge in [0, 0.05) is 6.07 Å². The van der Waals surface area contributed by atoms with Crippen LogP contribution in [0.2, 0.25) is 0 Å². The van der Waals surface area contributed by atoms with Crippen molar-refractivity contribution >= 4 is 16.9 Å². The summed E-state index contributed by atoms with van der Waals surface area (Å²) in [6.45, 7) is 1.77. The molecule has 0 bridgehead atoms. The molecule has 0 aliphatic heterocycles. The molecule has 1 aromatic heterocycles. The zero-order chi connectivity index (χ0) is 9.42. The summed E-state index contributed by atoms with van der Waals surface area (Å²) < 4.78 is 12.8. The predicted octanol–water partition coefficient (Wildman–Crippen LogP) is 1.66. The molecule has 0 radical (unpaired) electrons. The fourth-order valence-electron chi connectivity index (χ4n) is 1.13. The van der Waals surface area contributed by atoms with Crippen molar-refractivity contribution in [3.05, 3.63) is 29.7 Å². The first kappa shape index (κ1) is 7.91. The Balaban J connectivity index is 2.81. The molecule has 2 N–H and O–H groups in total. The molecule has 2 aromatic rings. The summed E-state index contributed by atoms with van der Waals surface area (Å²) in [7, 11) is 0. The zero-order valence-electron chi connectivity index (χ0n) is 7.08. The average molecular weight is 177 g/mol. The third kappa shape index (κ3) is 1.30. The first-order valence-corrected chi connectivity index (χ1v) is 3.86. The molecule has 0 amide bonds. The monoisotopic (exact) mass is 177 g/mol. The molecule has 0 spiro atoms. The number of rotatable bonds is 0. The maximum atomic E-state index is 12.8. The fourth-order valence-corrected chi connectivity index (χ4v) is 1.13. The van der Waals surface area contributed by atoms with Crippen LogP contribution in [0.1, 0.15) is 5.69 Å². The number of anilines is 1. The van der Waals surface area contributed by atoms with Gasteiger partial charge >= 0.3 is 0 Å². The van der Waals surface area contributed by atoms with Crippen LogP contribution >= 0.6 is 0 Å². The highest BCUT2D eigenvalue weighted by Gasteiger charge is 2.02. The summed E-state index contributed by atoms with van der Waals surface area (Å²) in [4.78, 5) is 8.17. The Morgan fingerprint density at radius 1 is 1.23 bits per heavy atom. The second-order valence-electron chi connectivity index (χ2n) is 2.83. The van der Waals surface area contributed by atoms with Crippen LogP contribution in [-0.4, -0.2) is 9.97 Å². The van der Waals surface area contributed by atoms with E-state index < -0.39 is 0 Å². The van der Waals surface area contributed by atoms with Crippen molar-refractivity contribution in [3.63, 3.8) is 0 Å². The zero-order valence-corrected chi connectivity index (χ0v) is 7.08. The van der Waals surface area contributed by atoms with E-state index in [1.54, 1.807) is 13.0 Å². The van der Waals surface area contributed by atoms with Crippen LogP contribution in [0.15, 0.2) is 18.2 Å². The second kappa shape index (κ2) is 2.65. The van der Waals surface area contributed by atoms with Crippen molar-refractivity contribution < 1.29 is 4.39 Å². The fraction of sp³-hybridized carbons (Fsp3) is 0.111. The molecule has 0 unspecified atom stereocenters. The Morgan fingerprint density at radius 2 is 2.00 bits per heavy atom. The van der Waals surface area contributed by atoms with Crippen molar-refractivity contribution in [3.8, 4) is 0 Å². The van der Waals surface area contributed by atoms with E-state index in [4.69, 9.17) is 5.73 Å². The summed E-state index contributed by atoms with van der Waals surface area (Å²) in [6, 6.07) is 4.26. The van der Waals surface area contributed by atoms with Crippen LogP contribution < -0.4 is 5.73 Å². The highest BCUT2D eigenvalue weighted by atomic mass is 19.1. The molecule has 1 aromatic carbocycles. The van der Waals surface area contributed by atoms with E-state index in [-0.39, 0.29) is 5.82 Å². The van der Waals surface area contributed by atoms with Crippen molar-refractivity contribution in [1.82, 2.24) is 9.97 Å². The molecule has 1 heterocycles. The highest BCUT2D eigenvalue weighted by molar-refractivity contribution is 5.75. The number of hydrogen-bond donors (Lipinski definition) is 1. The normalized spacial score (nSPS) is 10.6. The van der Waals surface area contributed by atoms with E-state index in [0.717, 1.165) is 0 Å². The van der Waals surface area contributed by atoms with Crippen LogP contribution in [0.5, 0.6) is 0 Å². The molecule has 13 heavy (non-hydrogen) atoms. The van der Waals surface area contributed by atoms with Crippen molar-refractivity contribution in [1.29, 1.82) is 0 Å². The third-order valence-corrected chi connectivity index (χ3v) is 1.84. The number of fused-ring (bicyclic) bond motifs is 1. The minimum absolute atomic E-state index is 0.329. The topological polar surface area (TPSA) is 51.8 Å². The van der Waals surface area contributed by atoms with E-state index in [1.165, 1.54) is 12.1 Å². The highest BCUT2D eigenvalue weighted by Crippen LogP contribution is 2.14. The SMILES string of the molecule is Cc1nc2ccc(F)cc2nc1N. The van der Waals surface area contributed by atoms with Gasteiger partial charge in [-0.05, 0) is 19.1 Å². The maximum Gasteiger partial charge on any atom is 0.145 e. The van der Waals surface area contributed by atoms with Gasteiger partial charge in [-0.25, -0.2) is 14.4 Å². The van der Waals surface area contributed by atoms with Gasteiger partial charge in [-0.1, -0.05) is 0 Å². The van der Waals surface area contributed by atoms with E-state index in [1.807, 2.05) is 0 Å². The molecule has 0 aliphatic carbocycles. The standard InChI is InChI=1S/C9H8FN3/c1-5-9(11)13-8-4-6(10)2-3-7(8)12-5/h2-4H,1H3,(H2,11,13). The molecule has 0 saturated heterocycles. The van der Waals surface area contributed by atoms with Crippen LogP contribution in [0.25, 0.3) is 11.0 Å². The van der Waals surface area contributed by atoms with Gasteiger partial charge in [0.2, 0.25) is 0 Å². The lowest BCUT2D eigenvalue weighted by Gasteiger charge is -2.01. The molecule has 2 rings (SSSR count). The van der Waals surface area contributed by atoms with Gasteiger partial charge in [-0.2, -0.15) is 0 Å². The van der Waals surface area contributed by atoms with E-state index in [0.29, 0.717) is 22.5 Å². The Morgan fingerprint density at radius 3 is 2.77 bits per heavy atom. The average Bonchev–Trinajstić information content (AvgIpc) is 2.08. The van der Waals surface area contributed by atoms with Crippen LogP contribution in [0.3, 0.4) is 0 Å². The Labute approximate surface area is 74.4 Å². The van der Waals surface area contributed by atoms with Crippen LogP contribution in [-0.2, 0) is 0 Å². The number of hydrogen-bond acceptors (Lipinski definition) is 3. The van der Waals surface area contributed by atoms with Gasteiger partial charge in [0.15, 0.2) is 0 Å². The number of aryl methyl sites for hydroxylation is 1. The van der Waals surface area contributed by atoms with E-state index in [9.17, 15) is 4.39 Å². The van der Waals surface area contributed by atoms with Crippen LogP contribution in [0, 0.1) is 12.7 Å². The summed E-state index contributed by atoms with van der Waals surface area (Å²) in [5, 5.41) is 0. The van der Waals surface area contributed by atoms with Gasteiger partial charge in [-0.15, -0.1) is 0 Å². The van der Waals surface area contributed by atoms with Gasteiger partial charge < -0.3 is 5.73 Å². The summed E-state index contributed by atoms with van der Waals surface area (Å²) in [5.41, 5.74) is 7.36. The van der Waals surface area contributed by atoms with Gasteiger partial charge in [0.25, 0.3) is 0 Å². The van der Waals surface area contributed by atoms with Crippen molar-refractivity contribution in [2.24, 2.45) is 0 Å². The minimum atomic E-state index is -0.329. The van der Waals surface area contributed by atoms with Gasteiger partial charge in [0.1, 0.15) is 11.6 Å². The molecule has 0 saturated carbocycles. The molecular formula is C9H8FN3. The Kier molecular flexibility index (Phi) is 1.62. The molecule has 0 aliphatic rings. The first-order chi connectivity index (χ1) is 6.16. The first-order valence-electron chi connectivity index (χ1n) is 3.86. The second-order valence-corrected chi connectivity index (χ2v) is 2.83. The van der Waals surface area contributed by atoms with Crippen molar-refractivity contribution in [2.45, 2.75) is 6.92 Å². The molecule has 0 atom stereocenters. The number of nitrogens with zero attached hydrogens (tertiary/aromatic N) is 2. The van der Waals surface area contributed by atoms with Crippen molar-refractivity contribution in [2.75, 3.05) is 5.73 Å². The predicted molar refractivity (Wildman–Crippen MR) is 48.6 cm³/mol. The Bertz CT molecular complexity index is 468. The van der Waals surface area contributed by atoms with Crippen LogP contribution in [0.4, 0.5) is 10.2 Å². The summed E-state index contributed by atoms with van der Waals surface area (Å²) in [6.07, 6.45) is 0. The molecule has 0 fully saturated rings. The van der Waals surface area contributed by atoms with Gasteiger partial charge in [0.05, 0.1) is 16.7 Å². The number of nitrogens with two attached hydrogens (primary N) is 1. The smallest absolute Gasteiger partial charge is 0.145 e. The van der Waals surface area contributed by atoms with E-state index in [2.05, 4.69) is 9.97 Å². The number of benzene rings is 1. The lowest BCUT2D eigenvalue weighted by atomic mass is 10.3. The number of aromatic nitrogens is 2. The molecule has 66 valence electrons. The van der Waals surface area contributed by atoms with Gasteiger partial charge in [-0.3, -0.25) is 0 Å².